The van der Waals surface area contributed by atoms with Gasteiger partial charge in [-0.05, 0) is 32.1 Å². The zero-order chi connectivity index (χ0) is 45.9. The first kappa shape index (κ1) is 59.9. The van der Waals surface area contributed by atoms with Gasteiger partial charge in [0.25, 0.3) is 0 Å². The zero-order valence-electron chi connectivity index (χ0n) is 41.4. The third-order valence-corrected chi connectivity index (χ3v) is 13.4. The van der Waals surface area contributed by atoms with E-state index in [1.54, 1.807) is 0 Å². The van der Waals surface area contributed by atoms with Crippen LogP contribution >= 0.6 is 0 Å². The SMILES string of the molecule is CCCC/C=C\CCCCCCCC(=O)NC(COC1OC(CO)C(O)C(O)C1O)C(O)CCCCCCCCCCCCCCCCCCCCCCCCCCCCCCC. The van der Waals surface area contributed by atoms with Gasteiger partial charge >= 0.3 is 0 Å². The van der Waals surface area contributed by atoms with Gasteiger partial charge in [-0.25, -0.2) is 0 Å². The van der Waals surface area contributed by atoms with Crippen molar-refractivity contribution in [3.8, 4) is 0 Å². The van der Waals surface area contributed by atoms with E-state index in [0.29, 0.717) is 12.8 Å². The largest absolute Gasteiger partial charge is 0.394 e. The van der Waals surface area contributed by atoms with Crippen LogP contribution in [0.5, 0.6) is 0 Å². The van der Waals surface area contributed by atoms with Crippen molar-refractivity contribution < 1.29 is 39.8 Å². The number of ether oxygens (including phenoxy) is 2. The van der Waals surface area contributed by atoms with E-state index in [0.717, 1.165) is 64.2 Å². The molecule has 0 bridgehead atoms. The molecule has 1 aliphatic rings. The van der Waals surface area contributed by atoms with E-state index in [1.165, 1.54) is 180 Å². The molecule has 0 aliphatic carbocycles. The van der Waals surface area contributed by atoms with Crippen LogP contribution in [-0.2, 0) is 14.3 Å². The van der Waals surface area contributed by atoms with Gasteiger partial charge in [-0.2, -0.15) is 0 Å². The number of carbonyl (C=O) groups excluding carboxylic acids is 1. The van der Waals surface area contributed by atoms with Crippen molar-refractivity contribution in [1.82, 2.24) is 5.32 Å². The van der Waals surface area contributed by atoms with Crippen LogP contribution in [0.4, 0.5) is 0 Å². The predicted molar refractivity (Wildman–Crippen MR) is 263 cm³/mol. The molecule has 374 valence electrons. The van der Waals surface area contributed by atoms with Gasteiger partial charge in [0.15, 0.2) is 6.29 Å². The Labute approximate surface area is 388 Å². The van der Waals surface area contributed by atoms with E-state index >= 15 is 0 Å². The predicted octanol–water partition coefficient (Wildman–Crippen LogP) is 12.8. The van der Waals surface area contributed by atoms with E-state index in [4.69, 9.17) is 9.47 Å². The number of hydrogen-bond donors (Lipinski definition) is 6. The highest BCUT2D eigenvalue weighted by Gasteiger charge is 2.44. The monoisotopic (exact) mass is 896 g/mol. The van der Waals surface area contributed by atoms with E-state index in [2.05, 4.69) is 31.3 Å². The summed E-state index contributed by atoms with van der Waals surface area (Å²) >= 11 is 0. The number of allylic oxidation sites excluding steroid dienone is 2. The summed E-state index contributed by atoms with van der Waals surface area (Å²) in [6.07, 6.45) is 46.9. The third kappa shape index (κ3) is 34.8. The first-order valence-electron chi connectivity index (χ1n) is 27.4. The molecule has 9 heteroatoms. The van der Waals surface area contributed by atoms with Crippen molar-refractivity contribution in [3.63, 3.8) is 0 Å². The Bertz CT molecular complexity index is 997. The fourth-order valence-electron chi connectivity index (χ4n) is 8.97. The molecular formula is C54H105NO8. The molecular weight excluding hydrogens is 791 g/mol. The minimum absolute atomic E-state index is 0.138. The minimum atomic E-state index is -1.55. The summed E-state index contributed by atoms with van der Waals surface area (Å²) in [5.41, 5.74) is 0. The summed E-state index contributed by atoms with van der Waals surface area (Å²) in [6.45, 7) is 3.81. The molecule has 1 amide bonds. The molecule has 6 N–H and O–H groups in total. The average molecular weight is 896 g/mol. The molecule has 1 aliphatic heterocycles. The highest BCUT2D eigenvalue weighted by molar-refractivity contribution is 5.76. The van der Waals surface area contributed by atoms with Gasteiger partial charge in [0.1, 0.15) is 24.4 Å². The Morgan fingerprint density at radius 1 is 0.524 bits per heavy atom. The maximum absolute atomic E-state index is 13.0. The van der Waals surface area contributed by atoms with E-state index in [9.17, 15) is 30.3 Å². The van der Waals surface area contributed by atoms with E-state index in [-0.39, 0.29) is 12.5 Å². The van der Waals surface area contributed by atoms with Crippen molar-refractivity contribution in [2.75, 3.05) is 13.2 Å². The van der Waals surface area contributed by atoms with Crippen LogP contribution in [-0.4, -0.2) is 87.5 Å². The second kappa shape index (κ2) is 44.7. The Balaban J connectivity index is 2.13. The summed E-state index contributed by atoms with van der Waals surface area (Å²) < 4.78 is 11.3. The van der Waals surface area contributed by atoms with Crippen molar-refractivity contribution in [1.29, 1.82) is 0 Å². The van der Waals surface area contributed by atoms with Crippen LogP contribution in [0, 0.1) is 0 Å². The number of rotatable bonds is 47. The molecule has 0 aromatic carbocycles. The molecule has 0 aromatic heterocycles. The van der Waals surface area contributed by atoms with Crippen LogP contribution in [0.25, 0.3) is 0 Å². The minimum Gasteiger partial charge on any atom is -0.394 e. The first-order chi connectivity index (χ1) is 30.8. The molecule has 0 aromatic rings. The summed E-state index contributed by atoms with van der Waals surface area (Å²) in [6, 6.07) is -0.719. The fraction of sp³-hybridized carbons (Fsp3) is 0.944. The first-order valence-corrected chi connectivity index (χ1v) is 27.4. The van der Waals surface area contributed by atoms with Crippen molar-refractivity contribution in [3.05, 3.63) is 12.2 Å². The molecule has 7 atom stereocenters. The Morgan fingerprint density at radius 2 is 0.905 bits per heavy atom. The Hall–Kier alpha value is -1.07. The highest BCUT2D eigenvalue weighted by Crippen LogP contribution is 2.23. The van der Waals surface area contributed by atoms with Crippen molar-refractivity contribution in [2.24, 2.45) is 0 Å². The van der Waals surface area contributed by atoms with Crippen LogP contribution in [0.2, 0.25) is 0 Å². The van der Waals surface area contributed by atoms with Gasteiger partial charge in [0.2, 0.25) is 5.91 Å². The van der Waals surface area contributed by atoms with Gasteiger partial charge in [0.05, 0.1) is 25.4 Å². The van der Waals surface area contributed by atoms with Gasteiger partial charge < -0.3 is 40.3 Å². The van der Waals surface area contributed by atoms with E-state index < -0.39 is 49.5 Å². The highest BCUT2D eigenvalue weighted by atomic mass is 16.7. The molecule has 7 unspecified atom stereocenters. The number of carbonyl (C=O) groups is 1. The molecule has 0 spiro atoms. The average Bonchev–Trinajstić information content (AvgIpc) is 3.28. The number of aliphatic hydroxyl groups is 5. The smallest absolute Gasteiger partial charge is 0.220 e. The second-order valence-corrected chi connectivity index (χ2v) is 19.4. The lowest BCUT2D eigenvalue weighted by Gasteiger charge is -2.40. The normalized spacial score (nSPS) is 20.1. The summed E-state index contributed by atoms with van der Waals surface area (Å²) in [5.74, 6) is -0.152. The van der Waals surface area contributed by atoms with Crippen molar-refractivity contribution in [2.45, 2.75) is 314 Å². The second-order valence-electron chi connectivity index (χ2n) is 19.4. The molecule has 1 fully saturated rings. The summed E-state index contributed by atoms with van der Waals surface area (Å²) in [5, 5.41) is 54.5. The number of nitrogens with one attached hydrogen (secondary N) is 1. The maximum Gasteiger partial charge on any atom is 0.220 e. The third-order valence-electron chi connectivity index (χ3n) is 13.4. The lowest BCUT2D eigenvalue weighted by Crippen LogP contribution is -2.60. The lowest BCUT2D eigenvalue weighted by molar-refractivity contribution is -0.302. The molecule has 1 rings (SSSR count). The van der Waals surface area contributed by atoms with Crippen LogP contribution in [0.3, 0.4) is 0 Å². The quantitative estimate of drug-likeness (QED) is 0.0261. The molecule has 1 heterocycles. The fourth-order valence-corrected chi connectivity index (χ4v) is 8.97. The number of amides is 1. The van der Waals surface area contributed by atoms with E-state index in [1.807, 2.05) is 0 Å². The lowest BCUT2D eigenvalue weighted by atomic mass is 9.99. The van der Waals surface area contributed by atoms with Crippen LogP contribution in [0.15, 0.2) is 12.2 Å². The number of unbranched alkanes of at least 4 members (excludes halogenated alkanes) is 35. The van der Waals surface area contributed by atoms with Gasteiger partial charge in [-0.3, -0.25) is 4.79 Å². The summed E-state index contributed by atoms with van der Waals surface area (Å²) in [4.78, 5) is 13.0. The molecule has 9 nitrogen and oxygen atoms in total. The van der Waals surface area contributed by atoms with Crippen LogP contribution < -0.4 is 5.32 Å². The van der Waals surface area contributed by atoms with Gasteiger partial charge in [-0.1, -0.05) is 244 Å². The van der Waals surface area contributed by atoms with Crippen LogP contribution in [0.1, 0.15) is 271 Å². The van der Waals surface area contributed by atoms with Gasteiger partial charge in [0, 0.05) is 6.42 Å². The number of aliphatic hydroxyl groups excluding tert-OH is 5. The van der Waals surface area contributed by atoms with Gasteiger partial charge in [-0.15, -0.1) is 0 Å². The maximum atomic E-state index is 13.0. The molecule has 1 saturated heterocycles. The van der Waals surface area contributed by atoms with Crippen molar-refractivity contribution >= 4 is 5.91 Å². The number of hydrogen-bond acceptors (Lipinski definition) is 8. The topological polar surface area (TPSA) is 149 Å². The molecule has 0 saturated carbocycles. The summed E-state index contributed by atoms with van der Waals surface area (Å²) in [7, 11) is 0. The molecule has 63 heavy (non-hydrogen) atoms. The standard InChI is InChI=1S/C54H105NO8/c1-3-5-7-9-11-13-15-16-17-18-19-20-21-22-23-24-25-26-27-28-29-30-31-32-34-35-37-39-41-43-48(57)47(46-62-54-53(61)52(60)51(59)49(45-56)63-54)55-50(58)44-42-40-38-36-33-14-12-10-8-6-4-2/h10,12,47-49,51-54,56-57,59-61H,3-9,11,13-46H2,1-2H3,(H,55,58)/b12-10-. The molecule has 0 radical (unpaired) electrons. The Morgan fingerprint density at radius 3 is 1.33 bits per heavy atom. The Kier molecular flexibility index (Phi) is 42.6. The zero-order valence-corrected chi connectivity index (χ0v) is 41.4.